The number of benzene rings is 2. The van der Waals surface area contributed by atoms with Crippen molar-refractivity contribution in [2.24, 2.45) is 0 Å². The number of carbonyl (C=O) groups is 1. The summed E-state index contributed by atoms with van der Waals surface area (Å²) in [4.78, 5) is 18.7. The van der Waals surface area contributed by atoms with E-state index in [1.54, 1.807) is 24.0 Å². The zero-order valence-corrected chi connectivity index (χ0v) is 15.2. The fourth-order valence-electron chi connectivity index (χ4n) is 3.30. The molecule has 0 spiro atoms. The van der Waals surface area contributed by atoms with Crippen molar-refractivity contribution in [1.29, 1.82) is 0 Å². The molecule has 7 nitrogen and oxygen atoms in total. The second-order valence-corrected chi connectivity index (χ2v) is 6.60. The highest BCUT2D eigenvalue weighted by Crippen LogP contribution is 2.34. The Morgan fingerprint density at radius 3 is 2.93 bits per heavy atom. The lowest BCUT2D eigenvalue weighted by atomic mass is 10.1. The molecule has 1 aromatic heterocycles. The molecule has 4 rings (SSSR count). The van der Waals surface area contributed by atoms with Gasteiger partial charge in [0.15, 0.2) is 5.82 Å². The molecule has 0 saturated heterocycles. The van der Waals surface area contributed by atoms with Gasteiger partial charge in [-0.15, -0.1) is 0 Å². The minimum absolute atomic E-state index is 0.0437. The Kier molecular flexibility index (Phi) is 4.27. The monoisotopic (exact) mass is 364 g/mol. The molecule has 0 aliphatic carbocycles. The highest BCUT2D eigenvalue weighted by atomic mass is 16.5. The molecule has 138 valence electrons. The number of phenols is 1. The third-order valence-electron chi connectivity index (χ3n) is 4.75. The predicted molar refractivity (Wildman–Crippen MR) is 102 cm³/mol. The summed E-state index contributed by atoms with van der Waals surface area (Å²) in [5, 5.41) is 17.0. The van der Waals surface area contributed by atoms with Crippen molar-refractivity contribution >= 4 is 17.3 Å². The third kappa shape index (κ3) is 3.23. The molecule has 0 radical (unpaired) electrons. The maximum Gasteiger partial charge on any atom is 0.257 e. The number of nitrogens with one attached hydrogen (secondary N) is 1. The van der Waals surface area contributed by atoms with Gasteiger partial charge in [0.25, 0.3) is 5.89 Å². The molecule has 1 aliphatic heterocycles. The number of amides is 1. The van der Waals surface area contributed by atoms with E-state index in [0.29, 0.717) is 24.7 Å². The molecule has 2 N–H and O–H groups in total. The molecule has 2 aromatic carbocycles. The molecule has 7 heteroatoms. The van der Waals surface area contributed by atoms with Gasteiger partial charge in [-0.2, -0.15) is 4.98 Å². The Balaban J connectivity index is 1.49. The van der Waals surface area contributed by atoms with Gasteiger partial charge >= 0.3 is 0 Å². The number of phenolic OH excluding ortho intramolecular Hbond substituents is 1. The van der Waals surface area contributed by atoms with Gasteiger partial charge in [-0.3, -0.25) is 4.79 Å². The van der Waals surface area contributed by atoms with E-state index in [1.807, 2.05) is 31.2 Å². The minimum atomic E-state index is -0.0437. The van der Waals surface area contributed by atoms with Crippen LogP contribution in [0.1, 0.15) is 17.0 Å². The van der Waals surface area contributed by atoms with E-state index in [2.05, 4.69) is 15.5 Å². The summed E-state index contributed by atoms with van der Waals surface area (Å²) in [6, 6.07) is 11.0. The highest BCUT2D eigenvalue weighted by molar-refractivity contribution is 5.98. The lowest BCUT2D eigenvalue weighted by Crippen LogP contribution is -2.34. The lowest BCUT2D eigenvalue weighted by molar-refractivity contribution is -0.116. The maximum absolute atomic E-state index is 12.7. The van der Waals surface area contributed by atoms with E-state index < -0.39 is 0 Å². The van der Waals surface area contributed by atoms with Crippen molar-refractivity contribution in [2.75, 3.05) is 23.3 Å². The smallest absolute Gasteiger partial charge is 0.257 e. The van der Waals surface area contributed by atoms with Gasteiger partial charge < -0.3 is 19.8 Å². The van der Waals surface area contributed by atoms with Crippen LogP contribution in [-0.2, 0) is 11.2 Å². The molecule has 0 atom stereocenters. The molecule has 1 amide bonds. The van der Waals surface area contributed by atoms with Crippen LogP contribution in [0.15, 0.2) is 40.9 Å². The third-order valence-corrected chi connectivity index (χ3v) is 4.75. The summed E-state index contributed by atoms with van der Waals surface area (Å²) < 4.78 is 5.21. The van der Waals surface area contributed by atoms with Crippen molar-refractivity contribution in [3.63, 3.8) is 0 Å². The van der Waals surface area contributed by atoms with Gasteiger partial charge in [0.05, 0.1) is 12.2 Å². The van der Waals surface area contributed by atoms with Gasteiger partial charge in [-0.05, 0) is 50.1 Å². The van der Waals surface area contributed by atoms with E-state index in [1.165, 1.54) is 0 Å². The largest absolute Gasteiger partial charge is 0.508 e. The first-order valence-electron chi connectivity index (χ1n) is 8.79. The molecule has 0 unspecified atom stereocenters. The van der Waals surface area contributed by atoms with Crippen LogP contribution in [0.4, 0.5) is 11.4 Å². The molecule has 0 bridgehead atoms. The van der Waals surface area contributed by atoms with Gasteiger partial charge in [0.1, 0.15) is 5.75 Å². The van der Waals surface area contributed by atoms with Crippen molar-refractivity contribution in [1.82, 2.24) is 10.1 Å². The number of carbonyl (C=O) groups excluding carboxylic acids is 1. The topological polar surface area (TPSA) is 91.5 Å². The number of anilines is 2. The maximum atomic E-state index is 12.7. The molecule has 3 aromatic rings. The summed E-state index contributed by atoms with van der Waals surface area (Å²) >= 11 is 0. The number of hydrogen-bond donors (Lipinski definition) is 2. The number of aromatic hydroxyl groups is 1. The summed E-state index contributed by atoms with van der Waals surface area (Å²) in [6.45, 7) is 4.47. The Hall–Kier alpha value is -3.35. The fraction of sp³-hybridized carbons (Fsp3) is 0.250. The molecule has 0 fully saturated rings. The van der Waals surface area contributed by atoms with Crippen molar-refractivity contribution < 1.29 is 14.4 Å². The summed E-state index contributed by atoms with van der Waals surface area (Å²) in [6.07, 6.45) is 0.665. The zero-order valence-electron chi connectivity index (χ0n) is 15.2. The number of aryl methyl sites for hydroxylation is 2. The van der Waals surface area contributed by atoms with Crippen LogP contribution in [0.3, 0.4) is 0 Å². The van der Waals surface area contributed by atoms with Crippen molar-refractivity contribution in [2.45, 2.75) is 20.3 Å². The Morgan fingerprint density at radius 2 is 2.15 bits per heavy atom. The zero-order chi connectivity index (χ0) is 19.0. The summed E-state index contributed by atoms with van der Waals surface area (Å²) in [7, 11) is 0. The fourth-order valence-corrected chi connectivity index (χ4v) is 3.30. The van der Waals surface area contributed by atoms with Gasteiger partial charge in [0, 0.05) is 23.4 Å². The minimum Gasteiger partial charge on any atom is -0.508 e. The molecule has 2 heterocycles. The Labute approximate surface area is 156 Å². The first-order chi connectivity index (χ1) is 13.0. The van der Waals surface area contributed by atoms with Gasteiger partial charge in [-0.25, -0.2) is 0 Å². The van der Waals surface area contributed by atoms with Crippen LogP contribution < -0.4 is 10.2 Å². The van der Waals surface area contributed by atoms with Crippen molar-refractivity contribution in [3.05, 3.63) is 53.3 Å². The van der Waals surface area contributed by atoms with Crippen LogP contribution in [0.25, 0.3) is 11.5 Å². The van der Waals surface area contributed by atoms with E-state index in [0.717, 1.165) is 28.1 Å². The Bertz CT molecular complexity index is 1010. The first kappa shape index (κ1) is 17.1. The average Bonchev–Trinajstić information content (AvgIpc) is 3.28. The van der Waals surface area contributed by atoms with E-state index >= 15 is 0 Å². The number of hydrogen-bond acceptors (Lipinski definition) is 6. The van der Waals surface area contributed by atoms with Crippen LogP contribution in [-0.4, -0.2) is 34.2 Å². The van der Waals surface area contributed by atoms with Crippen LogP contribution in [0.2, 0.25) is 0 Å². The number of nitrogens with zero attached hydrogens (tertiary/aromatic N) is 3. The predicted octanol–water partition coefficient (Wildman–Crippen LogP) is 3.06. The molecule has 1 aliphatic rings. The van der Waals surface area contributed by atoms with E-state index in [4.69, 9.17) is 4.52 Å². The first-order valence-corrected chi connectivity index (χ1v) is 8.79. The van der Waals surface area contributed by atoms with Crippen LogP contribution in [0, 0.1) is 13.8 Å². The summed E-state index contributed by atoms with van der Waals surface area (Å²) in [5.41, 5.74) is 4.27. The van der Waals surface area contributed by atoms with Crippen molar-refractivity contribution in [3.8, 4) is 17.2 Å². The second kappa shape index (κ2) is 6.75. The Morgan fingerprint density at radius 1 is 1.30 bits per heavy atom. The second-order valence-electron chi connectivity index (χ2n) is 6.60. The summed E-state index contributed by atoms with van der Waals surface area (Å²) in [5.74, 6) is 1.23. The SMILES string of the molecule is Cc1noc(-c2ccc(C)c(NCC(=O)N3CCc4c(O)cccc43)c2)n1. The quantitative estimate of drug-likeness (QED) is 0.739. The van der Waals surface area contributed by atoms with Gasteiger partial charge in [-0.1, -0.05) is 17.3 Å². The molecule has 0 saturated carbocycles. The standard InChI is InChI=1S/C20H20N4O3/c1-12-6-7-14(20-22-13(2)23-27-20)10-16(12)21-11-19(26)24-9-8-15-17(24)4-3-5-18(15)25/h3-7,10,21,25H,8-9,11H2,1-2H3. The molecular weight excluding hydrogens is 344 g/mol. The van der Waals surface area contributed by atoms with E-state index in [9.17, 15) is 9.90 Å². The molecule has 27 heavy (non-hydrogen) atoms. The lowest BCUT2D eigenvalue weighted by Gasteiger charge is -2.19. The number of fused-ring (bicyclic) bond motifs is 1. The number of rotatable bonds is 4. The van der Waals surface area contributed by atoms with Crippen LogP contribution in [0.5, 0.6) is 5.75 Å². The normalized spacial score (nSPS) is 12.9. The van der Waals surface area contributed by atoms with E-state index in [-0.39, 0.29) is 18.2 Å². The average molecular weight is 364 g/mol. The van der Waals surface area contributed by atoms with Gasteiger partial charge in [0.2, 0.25) is 5.91 Å². The van der Waals surface area contributed by atoms with Crippen LogP contribution >= 0.6 is 0 Å². The highest BCUT2D eigenvalue weighted by Gasteiger charge is 2.26. The number of aromatic nitrogens is 2. The molecular formula is C20H20N4O3.